The Bertz CT molecular complexity index is 1090. The van der Waals surface area contributed by atoms with Crippen molar-refractivity contribution in [3.8, 4) is 5.75 Å². The van der Waals surface area contributed by atoms with E-state index in [4.69, 9.17) is 27.9 Å². The molecule has 0 atom stereocenters. The van der Waals surface area contributed by atoms with Crippen molar-refractivity contribution in [1.82, 2.24) is 14.8 Å². The molecule has 1 heterocycles. The summed E-state index contributed by atoms with van der Waals surface area (Å²) in [7, 11) is 1.67. The Balaban J connectivity index is 1.56. The summed E-state index contributed by atoms with van der Waals surface area (Å²) < 4.78 is 45.4. The zero-order chi connectivity index (χ0) is 22.6. The van der Waals surface area contributed by atoms with Gasteiger partial charge < -0.3 is 14.6 Å². The number of ether oxygens (including phenoxy) is 1. The molecular formula is C19H15Cl2F3N4O2S. The molecule has 1 N–H and O–H groups in total. The van der Waals surface area contributed by atoms with Crippen LogP contribution in [0.2, 0.25) is 10.0 Å². The zero-order valence-corrected chi connectivity index (χ0v) is 18.2. The van der Waals surface area contributed by atoms with E-state index in [9.17, 15) is 18.0 Å². The highest BCUT2D eigenvalue weighted by atomic mass is 35.5. The van der Waals surface area contributed by atoms with Gasteiger partial charge in [0.15, 0.2) is 11.0 Å². The van der Waals surface area contributed by atoms with E-state index in [0.29, 0.717) is 26.7 Å². The van der Waals surface area contributed by atoms with Crippen molar-refractivity contribution in [1.29, 1.82) is 0 Å². The first-order valence-electron chi connectivity index (χ1n) is 8.69. The smallest absolute Gasteiger partial charge is 0.416 e. The van der Waals surface area contributed by atoms with Crippen LogP contribution in [-0.2, 0) is 24.6 Å². The number of thioether (sulfide) groups is 1. The van der Waals surface area contributed by atoms with Crippen LogP contribution in [0.5, 0.6) is 5.75 Å². The molecule has 0 spiro atoms. The predicted octanol–water partition coefficient (Wildman–Crippen LogP) is 5.45. The number of hydrogen-bond acceptors (Lipinski definition) is 5. The number of hydrogen-bond donors (Lipinski definition) is 1. The van der Waals surface area contributed by atoms with Gasteiger partial charge in [-0.1, -0.05) is 41.0 Å². The van der Waals surface area contributed by atoms with Crippen molar-refractivity contribution in [2.45, 2.75) is 17.9 Å². The Morgan fingerprint density at radius 3 is 2.68 bits per heavy atom. The summed E-state index contributed by atoms with van der Waals surface area (Å²) in [6.07, 6.45) is -4.45. The lowest BCUT2D eigenvalue weighted by Gasteiger charge is -2.10. The van der Waals surface area contributed by atoms with Gasteiger partial charge in [0.2, 0.25) is 5.91 Å². The molecule has 2 aromatic carbocycles. The Morgan fingerprint density at radius 1 is 1.19 bits per heavy atom. The van der Waals surface area contributed by atoms with Crippen LogP contribution in [-0.4, -0.2) is 26.4 Å². The van der Waals surface area contributed by atoms with E-state index < -0.39 is 11.7 Å². The molecule has 0 aliphatic rings. The van der Waals surface area contributed by atoms with Gasteiger partial charge in [0.05, 0.1) is 22.0 Å². The highest BCUT2D eigenvalue weighted by Crippen LogP contribution is 2.31. The molecule has 0 aliphatic carbocycles. The van der Waals surface area contributed by atoms with Gasteiger partial charge in [-0.25, -0.2) is 0 Å². The highest BCUT2D eigenvalue weighted by molar-refractivity contribution is 7.99. The minimum Gasteiger partial charge on any atom is -0.486 e. The van der Waals surface area contributed by atoms with Crippen molar-refractivity contribution in [2.24, 2.45) is 7.05 Å². The fourth-order valence-corrected chi connectivity index (χ4v) is 3.60. The summed E-state index contributed by atoms with van der Waals surface area (Å²) >= 11 is 13.0. The molecule has 1 amide bonds. The first-order valence-corrected chi connectivity index (χ1v) is 10.4. The summed E-state index contributed by atoms with van der Waals surface area (Å²) in [6, 6.07) is 9.29. The second-order valence-electron chi connectivity index (χ2n) is 6.23. The SMILES string of the molecule is Cn1c(COc2cccc(C(F)(F)F)c2)nnc1SCC(=O)Nc1ccc(Cl)cc1Cl. The fraction of sp³-hybridized carbons (Fsp3) is 0.211. The largest absolute Gasteiger partial charge is 0.486 e. The van der Waals surface area contributed by atoms with Crippen molar-refractivity contribution in [3.05, 3.63) is 63.9 Å². The van der Waals surface area contributed by atoms with Crippen LogP contribution >= 0.6 is 35.0 Å². The number of halogens is 5. The van der Waals surface area contributed by atoms with Gasteiger partial charge in [0.25, 0.3) is 0 Å². The number of benzene rings is 2. The van der Waals surface area contributed by atoms with Gasteiger partial charge in [-0.15, -0.1) is 10.2 Å². The molecule has 0 radical (unpaired) electrons. The molecule has 3 rings (SSSR count). The summed E-state index contributed by atoms with van der Waals surface area (Å²) in [5.74, 6) is 0.186. The summed E-state index contributed by atoms with van der Waals surface area (Å²) in [5, 5.41) is 11.8. The molecule has 0 saturated heterocycles. The lowest BCUT2D eigenvalue weighted by atomic mass is 10.2. The number of alkyl halides is 3. The average Bonchev–Trinajstić information content (AvgIpc) is 3.06. The Kier molecular flexibility index (Phi) is 7.34. The summed E-state index contributed by atoms with van der Waals surface area (Å²) in [4.78, 5) is 12.2. The molecule has 0 fully saturated rings. The maximum atomic E-state index is 12.8. The minimum atomic E-state index is -4.45. The zero-order valence-electron chi connectivity index (χ0n) is 15.9. The van der Waals surface area contributed by atoms with E-state index in [1.807, 2.05) is 0 Å². The van der Waals surface area contributed by atoms with Gasteiger partial charge >= 0.3 is 6.18 Å². The number of carbonyl (C=O) groups is 1. The molecule has 0 aliphatic heterocycles. The molecule has 164 valence electrons. The summed E-state index contributed by atoms with van der Waals surface area (Å²) in [6.45, 7) is -0.0854. The third-order valence-corrected chi connectivity index (χ3v) is 5.56. The van der Waals surface area contributed by atoms with Crippen LogP contribution in [0.15, 0.2) is 47.6 Å². The molecule has 3 aromatic rings. The second kappa shape index (κ2) is 9.80. The van der Waals surface area contributed by atoms with Gasteiger partial charge in [0, 0.05) is 12.1 Å². The topological polar surface area (TPSA) is 69.0 Å². The van der Waals surface area contributed by atoms with Crippen LogP contribution in [0.25, 0.3) is 0 Å². The van der Waals surface area contributed by atoms with Crippen LogP contribution in [0.4, 0.5) is 18.9 Å². The van der Waals surface area contributed by atoms with Crippen LogP contribution in [0, 0.1) is 0 Å². The summed E-state index contributed by atoms with van der Waals surface area (Å²) in [5.41, 5.74) is -0.365. The quantitative estimate of drug-likeness (QED) is 0.446. The number of carbonyl (C=O) groups excluding carboxylic acids is 1. The lowest BCUT2D eigenvalue weighted by molar-refractivity contribution is -0.137. The maximum Gasteiger partial charge on any atom is 0.416 e. The van der Waals surface area contributed by atoms with E-state index in [1.54, 1.807) is 23.7 Å². The third-order valence-electron chi connectivity index (χ3n) is 3.99. The Morgan fingerprint density at radius 2 is 1.97 bits per heavy atom. The standard InChI is InChI=1S/C19H15Cl2F3N4O2S/c1-28-16(9-30-13-4-2-3-11(7-13)19(22,23)24)26-27-18(28)31-10-17(29)25-15-6-5-12(20)8-14(15)21/h2-8H,9-10H2,1H3,(H,25,29). The van der Waals surface area contributed by atoms with Crippen LogP contribution in [0.3, 0.4) is 0 Å². The first-order chi connectivity index (χ1) is 14.6. The van der Waals surface area contributed by atoms with E-state index in [1.165, 1.54) is 18.2 Å². The monoisotopic (exact) mass is 490 g/mol. The number of amides is 1. The van der Waals surface area contributed by atoms with Gasteiger partial charge in [-0.3, -0.25) is 4.79 Å². The molecule has 31 heavy (non-hydrogen) atoms. The molecule has 0 unspecified atom stereocenters. The molecule has 0 saturated carbocycles. The molecule has 6 nitrogen and oxygen atoms in total. The predicted molar refractivity (Wildman–Crippen MR) is 113 cm³/mol. The van der Waals surface area contributed by atoms with E-state index in [-0.39, 0.29) is 24.0 Å². The number of anilines is 1. The van der Waals surface area contributed by atoms with E-state index in [0.717, 1.165) is 23.9 Å². The molecule has 0 bridgehead atoms. The van der Waals surface area contributed by atoms with Crippen molar-refractivity contribution < 1.29 is 22.7 Å². The Hall–Kier alpha value is -2.43. The number of nitrogens with one attached hydrogen (secondary N) is 1. The fourth-order valence-electron chi connectivity index (χ4n) is 2.41. The lowest BCUT2D eigenvalue weighted by Crippen LogP contribution is -2.15. The van der Waals surface area contributed by atoms with Gasteiger partial charge in [-0.2, -0.15) is 13.2 Å². The van der Waals surface area contributed by atoms with E-state index >= 15 is 0 Å². The van der Waals surface area contributed by atoms with Crippen LogP contribution in [0.1, 0.15) is 11.4 Å². The van der Waals surface area contributed by atoms with E-state index in [2.05, 4.69) is 15.5 Å². The third kappa shape index (κ3) is 6.28. The van der Waals surface area contributed by atoms with Crippen molar-refractivity contribution in [3.63, 3.8) is 0 Å². The molecule has 1 aromatic heterocycles. The normalized spacial score (nSPS) is 11.4. The number of aromatic nitrogens is 3. The minimum absolute atomic E-state index is 0.0411. The second-order valence-corrected chi connectivity index (χ2v) is 8.02. The van der Waals surface area contributed by atoms with Gasteiger partial charge in [-0.05, 0) is 36.4 Å². The number of rotatable bonds is 7. The molecular weight excluding hydrogens is 476 g/mol. The Labute approximate surface area is 189 Å². The average molecular weight is 491 g/mol. The van der Waals surface area contributed by atoms with Gasteiger partial charge in [0.1, 0.15) is 12.4 Å². The highest BCUT2D eigenvalue weighted by Gasteiger charge is 2.30. The number of nitrogens with zero attached hydrogens (tertiary/aromatic N) is 3. The molecule has 12 heteroatoms. The van der Waals surface area contributed by atoms with Crippen molar-refractivity contribution in [2.75, 3.05) is 11.1 Å². The maximum absolute atomic E-state index is 12.8. The van der Waals surface area contributed by atoms with Crippen LogP contribution < -0.4 is 10.1 Å². The first kappa shape index (κ1) is 23.2. The van der Waals surface area contributed by atoms with Crippen molar-refractivity contribution >= 4 is 46.6 Å².